The number of ether oxygens (including phenoxy) is 3. The summed E-state index contributed by atoms with van der Waals surface area (Å²) in [4.78, 5) is 22.1. The molecular formula is C19H20N2O6. The van der Waals surface area contributed by atoms with E-state index in [0.29, 0.717) is 23.8 Å². The molecule has 1 fully saturated rings. The molecule has 1 aliphatic rings. The van der Waals surface area contributed by atoms with Crippen molar-refractivity contribution in [1.29, 1.82) is 0 Å². The number of non-ortho nitro benzene ring substituents is 1. The zero-order valence-corrected chi connectivity index (χ0v) is 14.6. The average Bonchev–Trinajstić information content (AvgIpc) is 3.20. The molecule has 2 aromatic carbocycles. The lowest BCUT2D eigenvalue weighted by atomic mass is 10.2. The summed E-state index contributed by atoms with van der Waals surface area (Å²) in [5.41, 5.74) is 0.588. The minimum atomic E-state index is -0.495. The average molecular weight is 372 g/mol. The lowest BCUT2D eigenvalue weighted by Crippen LogP contribution is -2.20. The third-order valence-electron chi connectivity index (χ3n) is 4.02. The Kier molecular flexibility index (Phi) is 6.22. The molecule has 8 heteroatoms. The molecular weight excluding hydrogens is 352 g/mol. The SMILES string of the molecule is O=C(COc1ccc([N+](=O)[O-])cc1)Nc1ccc(OC[C@@H]2CCCO2)cc1. The lowest BCUT2D eigenvalue weighted by molar-refractivity contribution is -0.384. The summed E-state index contributed by atoms with van der Waals surface area (Å²) in [6.07, 6.45) is 2.24. The number of nitro benzene ring substituents is 1. The van der Waals surface area contributed by atoms with Crippen LogP contribution in [0, 0.1) is 10.1 Å². The molecule has 1 N–H and O–H groups in total. The molecule has 0 bridgehead atoms. The Morgan fingerprint density at radius 3 is 2.41 bits per heavy atom. The van der Waals surface area contributed by atoms with Crippen molar-refractivity contribution in [3.8, 4) is 11.5 Å². The molecule has 1 atom stereocenters. The Hall–Kier alpha value is -3.13. The van der Waals surface area contributed by atoms with Gasteiger partial charge in [-0.2, -0.15) is 0 Å². The summed E-state index contributed by atoms with van der Waals surface area (Å²) in [6.45, 7) is 1.12. The van der Waals surface area contributed by atoms with Crippen molar-refractivity contribution in [2.45, 2.75) is 18.9 Å². The first kappa shape index (κ1) is 18.7. The standard InChI is InChI=1S/C19H20N2O6/c22-19(13-27-17-9-5-15(6-10-17)21(23)24)20-14-3-7-16(8-4-14)26-12-18-2-1-11-25-18/h3-10,18H,1-2,11-13H2,(H,20,22)/t18-/m0/s1. The number of rotatable bonds is 8. The van der Waals surface area contributed by atoms with Crippen LogP contribution in [0.15, 0.2) is 48.5 Å². The third kappa shape index (κ3) is 5.68. The predicted molar refractivity (Wildman–Crippen MR) is 98.1 cm³/mol. The highest BCUT2D eigenvalue weighted by Crippen LogP contribution is 2.19. The number of amides is 1. The monoisotopic (exact) mass is 372 g/mol. The molecule has 0 aliphatic carbocycles. The Bertz CT molecular complexity index is 770. The summed E-state index contributed by atoms with van der Waals surface area (Å²) in [5, 5.41) is 13.3. The van der Waals surface area contributed by atoms with Gasteiger partial charge in [0.1, 0.15) is 18.1 Å². The van der Waals surface area contributed by atoms with Gasteiger partial charge in [0.15, 0.2) is 6.61 Å². The smallest absolute Gasteiger partial charge is 0.269 e. The number of hydrogen-bond donors (Lipinski definition) is 1. The van der Waals surface area contributed by atoms with Gasteiger partial charge in [-0.05, 0) is 49.2 Å². The van der Waals surface area contributed by atoms with Crippen LogP contribution < -0.4 is 14.8 Å². The summed E-state index contributed by atoms with van der Waals surface area (Å²) in [7, 11) is 0. The van der Waals surface area contributed by atoms with Gasteiger partial charge in [0.2, 0.25) is 0 Å². The van der Waals surface area contributed by atoms with Gasteiger partial charge in [0.25, 0.3) is 11.6 Å². The minimum Gasteiger partial charge on any atom is -0.491 e. The van der Waals surface area contributed by atoms with Crippen LogP contribution in [0.4, 0.5) is 11.4 Å². The van der Waals surface area contributed by atoms with Crippen molar-refractivity contribution in [2.24, 2.45) is 0 Å². The van der Waals surface area contributed by atoms with Gasteiger partial charge < -0.3 is 19.5 Å². The van der Waals surface area contributed by atoms with Crippen LogP contribution >= 0.6 is 0 Å². The van der Waals surface area contributed by atoms with Crippen LogP contribution in [0.5, 0.6) is 11.5 Å². The topological polar surface area (TPSA) is 99.9 Å². The van der Waals surface area contributed by atoms with Crippen molar-refractivity contribution in [1.82, 2.24) is 0 Å². The third-order valence-corrected chi connectivity index (χ3v) is 4.02. The van der Waals surface area contributed by atoms with Gasteiger partial charge >= 0.3 is 0 Å². The molecule has 0 saturated carbocycles. The highest BCUT2D eigenvalue weighted by atomic mass is 16.6. The second kappa shape index (κ2) is 9.00. The summed E-state index contributed by atoms with van der Waals surface area (Å²) in [5.74, 6) is 0.764. The summed E-state index contributed by atoms with van der Waals surface area (Å²) >= 11 is 0. The molecule has 27 heavy (non-hydrogen) atoms. The molecule has 0 unspecified atom stereocenters. The van der Waals surface area contributed by atoms with E-state index < -0.39 is 4.92 Å². The molecule has 0 radical (unpaired) electrons. The van der Waals surface area contributed by atoms with Crippen LogP contribution in [0.2, 0.25) is 0 Å². The normalized spacial score (nSPS) is 15.9. The van der Waals surface area contributed by atoms with Crippen LogP contribution in [-0.4, -0.2) is 36.8 Å². The molecule has 3 rings (SSSR count). The Morgan fingerprint density at radius 2 is 1.78 bits per heavy atom. The maximum Gasteiger partial charge on any atom is 0.269 e. The molecule has 1 aliphatic heterocycles. The van der Waals surface area contributed by atoms with Gasteiger partial charge in [-0.3, -0.25) is 14.9 Å². The number of anilines is 1. The van der Waals surface area contributed by atoms with Gasteiger partial charge in [-0.25, -0.2) is 0 Å². The van der Waals surface area contributed by atoms with Crippen molar-refractivity contribution >= 4 is 17.3 Å². The number of nitro groups is 1. The maximum atomic E-state index is 12.0. The first-order valence-electron chi connectivity index (χ1n) is 8.62. The minimum absolute atomic E-state index is 0.0337. The maximum absolute atomic E-state index is 12.0. The predicted octanol–water partition coefficient (Wildman–Crippen LogP) is 3.17. The van der Waals surface area contributed by atoms with E-state index in [1.165, 1.54) is 24.3 Å². The van der Waals surface area contributed by atoms with E-state index in [0.717, 1.165) is 19.4 Å². The Morgan fingerprint density at radius 1 is 1.11 bits per heavy atom. The van der Waals surface area contributed by atoms with Crippen LogP contribution in [0.1, 0.15) is 12.8 Å². The fourth-order valence-electron chi connectivity index (χ4n) is 2.61. The highest BCUT2D eigenvalue weighted by Gasteiger charge is 2.16. The van der Waals surface area contributed by atoms with E-state index in [-0.39, 0.29) is 24.3 Å². The number of benzene rings is 2. The van der Waals surface area contributed by atoms with E-state index in [2.05, 4.69) is 5.32 Å². The first-order valence-corrected chi connectivity index (χ1v) is 8.62. The molecule has 0 spiro atoms. The fourth-order valence-corrected chi connectivity index (χ4v) is 2.61. The number of carbonyl (C=O) groups excluding carboxylic acids is 1. The molecule has 0 aromatic heterocycles. The Labute approximate surface area is 156 Å². The molecule has 142 valence electrons. The van der Waals surface area contributed by atoms with E-state index in [4.69, 9.17) is 14.2 Å². The zero-order valence-electron chi connectivity index (χ0n) is 14.6. The molecule has 2 aromatic rings. The van der Waals surface area contributed by atoms with Crippen molar-refractivity contribution < 1.29 is 23.9 Å². The Balaban J connectivity index is 1.42. The van der Waals surface area contributed by atoms with Gasteiger partial charge in [0.05, 0.1) is 11.0 Å². The van der Waals surface area contributed by atoms with Crippen molar-refractivity contribution in [3.05, 3.63) is 58.6 Å². The molecule has 1 saturated heterocycles. The number of carbonyl (C=O) groups is 1. The molecule has 1 amide bonds. The van der Waals surface area contributed by atoms with Crippen LogP contribution in [-0.2, 0) is 9.53 Å². The van der Waals surface area contributed by atoms with Crippen LogP contribution in [0.3, 0.4) is 0 Å². The quantitative estimate of drug-likeness (QED) is 0.564. The molecule has 1 heterocycles. The number of hydrogen-bond acceptors (Lipinski definition) is 6. The fraction of sp³-hybridized carbons (Fsp3) is 0.316. The van der Waals surface area contributed by atoms with E-state index in [1.54, 1.807) is 24.3 Å². The number of nitrogens with one attached hydrogen (secondary N) is 1. The zero-order chi connectivity index (χ0) is 19.1. The second-order valence-electron chi connectivity index (χ2n) is 6.06. The summed E-state index contributed by atoms with van der Waals surface area (Å²) < 4.78 is 16.5. The van der Waals surface area contributed by atoms with Gasteiger partial charge in [-0.1, -0.05) is 0 Å². The van der Waals surface area contributed by atoms with Gasteiger partial charge in [-0.15, -0.1) is 0 Å². The van der Waals surface area contributed by atoms with Crippen molar-refractivity contribution in [2.75, 3.05) is 25.1 Å². The first-order chi connectivity index (χ1) is 13.1. The van der Waals surface area contributed by atoms with E-state index >= 15 is 0 Å². The molecule has 8 nitrogen and oxygen atoms in total. The second-order valence-corrected chi connectivity index (χ2v) is 6.06. The largest absolute Gasteiger partial charge is 0.491 e. The van der Waals surface area contributed by atoms with Gasteiger partial charge in [0, 0.05) is 24.4 Å². The van der Waals surface area contributed by atoms with Crippen LogP contribution in [0.25, 0.3) is 0 Å². The van der Waals surface area contributed by atoms with Crippen molar-refractivity contribution in [3.63, 3.8) is 0 Å². The lowest BCUT2D eigenvalue weighted by Gasteiger charge is -2.12. The summed E-state index contributed by atoms with van der Waals surface area (Å²) in [6, 6.07) is 12.6. The van der Waals surface area contributed by atoms with E-state index in [9.17, 15) is 14.9 Å². The van der Waals surface area contributed by atoms with E-state index in [1.807, 2.05) is 0 Å². The highest BCUT2D eigenvalue weighted by molar-refractivity contribution is 5.91. The number of nitrogens with zero attached hydrogens (tertiary/aromatic N) is 1.